The largest absolute Gasteiger partial charge is 0.497 e. The number of ether oxygens (including phenoxy) is 2. The molecule has 1 amide bonds. The maximum Gasteiger partial charge on any atom is 0.253 e. The average molecular weight is 339 g/mol. The average Bonchev–Trinajstić information content (AvgIpc) is 3.11. The summed E-state index contributed by atoms with van der Waals surface area (Å²) in [5.74, 6) is 2.13. The van der Waals surface area contributed by atoms with Gasteiger partial charge in [-0.25, -0.2) is 0 Å². The number of carbonyl (C=O) groups is 1. The maximum atomic E-state index is 12.7. The van der Waals surface area contributed by atoms with Crippen LogP contribution in [0.3, 0.4) is 0 Å². The second kappa shape index (κ2) is 7.60. The van der Waals surface area contributed by atoms with Crippen LogP contribution in [0.5, 0.6) is 11.5 Å². The molecule has 1 saturated heterocycles. The summed E-state index contributed by atoms with van der Waals surface area (Å²) in [4.78, 5) is 14.7. The fourth-order valence-electron chi connectivity index (χ4n) is 3.22. The zero-order chi connectivity index (χ0) is 17.8. The highest BCUT2D eigenvalue weighted by Crippen LogP contribution is 2.29. The van der Waals surface area contributed by atoms with E-state index in [1.54, 1.807) is 7.11 Å². The molecule has 0 aromatic heterocycles. The number of nitrogens with zero attached hydrogens (tertiary/aromatic N) is 1. The van der Waals surface area contributed by atoms with Crippen molar-refractivity contribution in [1.29, 1.82) is 0 Å². The van der Waals surface area contributed by atoms with Gasteiger partial charge in [0.05, 0.1) is 13.2 Å². The van der Waals surface area contributed by atoms with Crippen LogP contribution in [-0.4, -0.2) is 37.1 Å². The lowest BCUT2D eigenvalue weighted by atomic mass is 9.98. The Bertz CT molecular complexity index is 707. The van der Waals surface area contributed by atoms with Gasteiger partial charge in [0.1, 0.15) is 11.5 Å². The molecule has 2 aromatic carbocycles. The topological polar surface area (TPSA) is 38.8 Å². The van der Waals surface area contributed by atoms with Gasteiger partial charge in [-0.3, -0.25) is 4.79 Å². The fraction of sp³-hybridized carbons (Fsp3) is 0.381. The lowest BCUT2D eigenvalue weighted by molar-refractivity contribution is 0.0790. The van der Waals surface area contributed by atoms with Crippen molar-refractivity contribution in [2.24, 2.45) is 0 Å². The molecule has 1 atom stereocenters. The standard InChI is InChI=1S/C21H25NO3/c1-15(2)25-20-10-6-17(7-11-20)21(23)22-13-12-18(14-22)16-4-8-19(24-3)9-5-16/h4-11,15,18H,12-14H2,1-3H3. The summed E-state index contributed by atoms with van der Waals surface area (Å²) in [7, 11) is 1.67. The molecule has 0 bridgehead atoms. The second-order valence-electron chi connectivity index (χ2n) is 6.70. The number of likely N-dealkylation sites (tertiary alicyclic amines) is 1. The smallest absolute Gasteiger partial charge is 0.253 e. The van der Waals surface area contributed by atoms with E-state index in [9.17, 15) is 4.79 Å². The SMILES string of the molecule is COc1ccc(C2CCN(C(=O)c3ccc(OC(C)C)cc3)C2)cc1. The van der Waals surface area contributed by atoms with Crippen LogP contribution in [0.1, 0.15) is 42.1 Å². The van der Waals surface area contributed by atoms with Crippen molar-refractivity contribution in [2.75, 3.05) is 20.2 Å². The van der Waals surface area contributed by atoms with E-state index in [1.807, 2.05) is 55.1 Å². The van der Waals surface area contributed by atoms with Gasteiger partial charge in [0.25, 0.3) is 5.91 Å². The van der Waals surface area contributed by atoms with E-state index in [0.717, 1.165) is 31.0 Å². The van der Waals surface area contributed by atoms with Gasteiger partial charge in [0.15, 0.2) is 0 Å². The molecule has 0 saturated carbocycles. The number of benzene rings is 2. The molecular weight excluding hydrogens is 314 g/mol. The van der Waals surface area contributed by atoms with Crippen molar-refractivity contribution in [3.63, 3.8) is 0 Å². The second-order valence-corrected chi connectivity index (χ2v) is 6.70. The van der Waals surface area contributed by atoms with Crippen LogP contribution < -0.4 is 9.47 Å². The molecule has 3 rings (SSSR count). The minimum atomic E-state index is 0.0899. The van der Waals surface area contributed by atoms with Crippen LogP contribution >= 0.6 is 0 Å². The van der Waals surface area contributed by atoms with Crippen molar-refractivity contribution < 1.29 is 14.3 Å². The number of methoxy groups -OCH3 is 1. The third-order valence-electron chi connectivity index (χ3n) is 4.54. The van der Waals surface area contributed by atoms with Crippen LogP contribution in [0.2, 0.25) is 0 Å². The van der Waals surface area contributed by atoms with E-state index in [4.69, 9.17) is 9.47 Å². The van der Waals surface area contributed by atoms with Crippen LogP contribution in [0.4, 0.5) is 0 Å². The zero-order valence-corrected chi connectivity index (χ0v) is 15.1. The molecule has 1 fully saturated rings. The summed E-state index contributed by atoms with van der Waals surface area (Å²) in [6.07, 6.45) is 1.12. The third-order valence-corrected chi connectivity index (χ3v) is 4.54. The quantitative estimate of drug-likeness (QED) is 0.823. The maximum absolute atomic E-state index is 12.7. The Kier molecular flexibility index (Phi) is 5.27. The molecule has 1 aliphatic rings. The lowest BCUT2D eigenvalue weighted by Gasteiger charge is -2.17. The van der Waals surface area contributed by atoms with Gasteiger partial charge in [-0.1, -0.05) is 12.1 Å². The Balaban J connectivity index is 1.63. The number of rotatable bonds is 5. The van der Waals surface area contributed by atoms with Gasteiger partial charge in [-0.15, -0.1) is 0 Å². The highest BCUT2D eigenvalue weighted by atomic mass is 16.5. The van der Waals surface area contributed by atoms with Crippen LogP contribution in [-0.2, 0) is 0 Å². The molecule has 1 heterocycles. The molecule has 2 aromatic rings. The first kappa shape index (κ1) is 17.3. The molecule has 0 aliphatic carbocycles. The van der Waals surface area contributed by atoms with E-state index < -0.39 is 0 Å². The normalized spacial score (nSPS) is 17.0. The van der Waals surface area contributed by atoms with Crippen molar-refractivity contribution in [1.82, 2.24) is 4.90 Å². The predicted octanol–water partition coefficient (Wildman–Crippen LogP) is 4.11. The van der Waals surface area contributed by atoms with Gasteiger partial charge in [-0.05, 0) is 62.2 Å². The predicted molar refractivity (Wildman–Crippen MR) is 98.5 cm³/mol. The van der Waals surface area contributed by atoms with Crippen LogP contribution in [0, 0.1) is 0 Å². The highest BCUT2D eigenvalue weighted by molar-refractivity contribution is 5.94. The molecule has 4 heteroatoms. The number of amides is 1. The minimum Gasteiger partial charge on any atom is -0.497 e. The Morgan fingerprint density at radius 2 is 1.68 bits per heavy atom. The Labute approximate surface area is 149 Å². The summed E-state index contributed by atoms with van der Waals surface area (Å²) in [6, 6.07) is 15.6. The Morgan fingerprint density at radius 1 is 1.04 bits per heavy atom. The molecule has 25 heavy (non-hydrogen) atoms. The van der Waals surface area contributed by atoms with Gasteiger partial charge >= 0.3 is 0 Å². The molecule has 132 valence electrons. The molecular formula is C21H25NO3. The minimum absolute atomic E-state index is 0.0899. The fourth-order valence-corrected chi connectivity index (χ4v) is 3.22. The van der Waals surface area contributed by atoms with E-state index in [0.29, 0.717) is 11.5 Å². The summed E-state index contributed by atoms with van der Waals surface area (Å²) < 4.78 is 10.8. The number of hydrogen-bond donors (Lipinski definition) is 0. The molecule has 0 spiro atoms. The molecule has 1 aliphatic heterocycles. The van der Waals surface area contributed by atoms with Crippen LogP contribution in [0.15, 0.2) is 48.5 Å². The Hall–Kier alpha value is -2.49. The van der Waals surface area contributed by atoms with Crippen LogP contribution in [0.25, 0.3) is 0 Å². The van der Waals surface area contributed by atoms with Gasteiger partial charge in [-0.2, -0.15) is 0 Å². The summed E-state index contributed by atoms with van der Waals surface area (Å²) in [6.45, 7) is 5.53. The molecule has 1 unspecified atom stereocenters. The number of hydrogen-bond acceptors (Lipinski definition) is 3. The first-order chi connectivity index (χ1) is 12.1. The highest BCUT2D eigenvalue weighted by Gasteiger charge is 2.28. The molecule has 0 N–H and O–H groups in total. The van der Waals surface area contributed by atoms with Crippen molar-refractivity contribution in [3.8, 4) is 11.5 Å². The van der Waals surface area contributed by atoms with Gasteiger partial charge in [0, 0.05) is 24.6 Å². The monoisotopic (exact) mass is 339 g/mol. The van der Waals surface area contributed by atoms with Crippen molar-refractivity contribution in [2.45, 2.75) is 32.3 Å². The summed E-state index contributed by atoms with van der Waals surface area (Å²) in [5.41, 5.74) is 1.98. The van der Waals surface area contributed by atoms with Crippen molar-refractivity contribution >= 4 is 5.91 Å². The van der Waals surface area contributed by atoms with E-state index in [1.165, 1.54) is 5.56 Å². The summed E-state index contributed by atoms with van der Waals surface area (Å²) >= 11 is 0. The summed E-state index contributed by atoms with van der Waals surface area (Å²) in [5, 5.41) is 0. The Morgan fingerprint density at radius 3 is 2.28 bits per heavy atom. The first-order valence-electron chi connectivity index (χ1n) is 8.76. The zero-order valence-electron chi connectivity index (χ0n) is 15.1. The molecule has 0 radical (unpaired) electrons. The van der Waals surface area contributed by atoms with Gasteiger partial charge < -0.3 is 14.4 Å². The van der Waals surface area contributed by atoms with E-state index >= 15 is 0 Å². The number of carbonyl (C=O) groups excluding carboxylic acids is 1. The lowest BCUT2D eigenvalue weighted by Crippen LogP contribution is -2.28. The van der Waals surface area contributed by atoms with Gasteiger partial charge in [0.2, 0.25) is 0 Å². The van der Waals surface area contributed by atoms with E-state index in [2.05, 4.69) is 12.1 Å². The van der Waals surface area contributed by atoms with E-state index in [-0.39, 0.29) is 12.0 Å². The molecule has 4 nitrogen and oxygen atoms in total. The first-order valence-corrected chi connectivity index (χ1v) is 8.76. The third kappa shape index (κ3) is 4.13. The van der Waals surface area contributed by atoms with Crippen molar-refractivity contribution in [3.05, 3.63) is 59.7 Å².